The molecule has 6 nitrogen and oxygen atoms in total. The monoisotopic (exact) mass is 356 g/mol. The van der Waals surface area contributed by atoms with Crippen LogP contribution in [0.15, 0.2) is 24.3 Å². The van der Waals surface area contributed by atoms with E-state index in [0.717, 1.165) is 17.5 Å². The maximum Gasteiger partial charge on any atom is 0.214 e. The number of aromatic nitrogens is 4. The maximum atomic E-state index is 5.35. The molecule has 26 heavy (non-hydrogen) atoms. The highest BCUT2D eigenvalue weighted by Crippen LogP contribution is 2.31. The molecule has 0 radical (unpaired) electrons. The van der Waals surface area contributed by atoms with Crippen molar-refractivity contribution in [3.8, 4) is 5.75 Å². The van der Waals surface area contributed by atoms with Crippen molar-refractivity contribution in [1.29, 1.82) is 0 Å². The van der Waals surface area contributed by atoms with Gasteiger partial charge >= 0.3 is 0 Å². The summed E-state index contributed by atoms with van der Waals surface area (Å²) in [5.41, 5.74) is 1.28. The summed E-state index contributed by atoms with van der Waals surface area (Å²) in [5.74, 6) is 2.75. The largest absolute Gasteiger partial charge is 0.497 e. The molecule has 1 aliphatic heterocycles. The molecule has 1 N–H and O–H groups in total. The van der Waals surface area contributed by atoms with Gasteiger partial charge in [-0.1, -0.05) is 19.8 Å². The lowest BCUT2D eigenvalue weighted by Gasteiger charge is -2.33. The molecule has 2 aliphatic rings. The van der Waals surface area contributed by atoms with Crippen LogP contribution < -0.4 is 9.64 Å². The zero-order valence-electron chi connectivity index (χ0n) is 15.9. The van der Waals surface area contributed by atoms with Crippen LogP contribution in [-0.4, -0.2) is 40.4 Å². The maximum absolute atomic E-state index is 5.35. The smallest absolute Gasteiger partial charge is 0.214 e. The van der Waals surface area contributed by atoms with Crippen LogP contribution in [0.5, 0.6) is 5.75 Å². The van der Waals surface area contributed by atoms with E-state index in [1.807, 2.05) is 0 Å². The average Bonchev–Trinajstić information content (AvgIpc) is 3.35. The van der Waals surface area contributed by atoms with E-state index in [0.29, 0.717) is 6.04 Å². The molecule has 2 heterocycles. The summed E-state index contributed by atoms with van der Waals surface area (Å²) in [6, 6.07) is 9.13. The van der Waals surface area contributed by atoms with Crippen LogP contribution >= 0.6 is 0 Å². The van der Waals surface area contributed by atoms with Crippen LogP contribution in [0.2, 0.25) is 0 Å². The van der Waals surface area contributed by atoms with Crippen molar-refractivity contribution in [2.45, 2.75) is 57.5 Å². The van der Waals surface area contributed by atoms with Crippen molar-refractivity contribution in [3.63, 3.8) is 0 Å². The van der Waals surface area contributed by atoms with Crippen LogP contribution in [0, 0.1) is 5.92 Å². The van der Waals surface area contributed by atoms with Gasteiger partial charge in [-0.2, -0.15) is 0 Å². The molecule has 0 unspecified atom stereocenters. The number of nitrogens with one attached hydrogen (secondary N) is 1. The van der Waals surface area contributed by atoms with Crippen molar-refractivity contribution >= 4 is 0 Å². The first-order chi connectivity index (χ1) is 12.8. The van der Waals surface area contributed by atoms with Crippen LogP contribution in [0.4, 0.5) is 0 Å². The van der Waals surface area contributed by atoms with Gasteiger partial charge in [-0.05, 0) is 66.3 Å². The van der Waals surface area contributed by atoms with Gasteiger partial charge in [0.1, 0.15) is 5.75 Å². The molecule has 140 valence electrons. The zero-order chi connectivity index (χ0) is 17.9. The number of quaternary nitrogens is 1. The van der Waals surface area contributed by atoms with E-state index in [2.05, 4.69) is 51.4 Å². The molecular formula is C20H30N5O+. The Morgan fingerprint density at radius 3 is 2.42 bits per heavy atom. The lowest BCUT2D eigenvalue weighted by atomic mass is 9.95. The summed E-state index contributed by atoms with van der Waals surface area (Å²) in [7, 11) is 1.71. The lowest BCUT2D eigenvalue weighted by molar-refractivity contribution is -0.932. The molecule has 6 heteroatoms. The molecule has 1 aromatic carbocycles. The van der Waals surface area contributed by atoms with Crippen LogP contribution in [0.1, 0.15) is 68.9 Å². The van der Waals surface area contributed by atoms with E-state index < -0.39 is 0 Å². The summed E-state index contributed by atoms with van der Waals surface area (Å²) >= 11 is 0. The van der Waals surface area contributed by atoms with Gasteiger partial charge in [0, 0.05) is 5.56 Å². The van der Waals surface area contributed by atoms with Gasteiger partial charge in [-0.15, -0.1) is 5.10 Å². The highest BCUT2D eigenvalue weighted by molar-refractivity contribution is 5.30. The second-order valence-electron chi connectivity index (χ2n) is 7.97. The molecule has 0 bridgehead atoms. The SMILES string of the molecule is COc1ccc([C@H](c2nnnn2C2CCCC2)[NH+]2CCC(C)CC2)cc1. The van der Waals surface area contributed by atoms with Gasteiger partial charge in [-0.25, -0.2) is 4.68 Å². The van der Waals surface area contributed by atoms with Gasteiger partial charge < -0.3 is 9.64 Å². The van der Waals surface area contributed by atoms with E-state index in [9.17, 15) is 0 Å². The number of likely N-dealkylation sites (tertiary alicyclic amines) is 1. The Morgan fingerprint density at radius 2 is 1.77 bits per heavy atom. The Kier molecular flexibility index (Phi) is 5.20. The van der Waals surface area contributed by atoms with Crippen molar-refractivity contribution in [1.82, 2.24) is 20.2 Å². The van der Waals surface area contributed by atoms with E-state index in [1.165, 1.54) is 57.2 Å². The molecule has 1 saturated carbocycles. The predicted octanol–water partition coefficient (Wildman–Crippen LogP) is 2.20. The molecule has 1 saturated heterocycles. The number of rotatable bonds is 5. The van der Waals surface area contributed by atoms with Crippen molar-refractivity contribution in [2.75, 3.05) is 20.2 Å². The van der Waals surface area contributed by atoms with Gasteiger partial charge in [0.2, 0.25) is 5.82 Å². The third-order valence-electron chi connectivity index (χ3n) is 6.22. The third-order valence-corrected chi connectivity index (χ3v) is 6.22. The molecule has 1 atom stereocenters. The summed E-state index contributed by atoms with van der Waals surface area (Å²) in [5, 5.41) is 13.0. The van der Waals surface area contributed by atoms with Crippen molar-refractivity contribution < 1.29 is 9.64 Å². The Morgan fingerprint density at radius 1 is 1.08 bits per heavy atom. The molecule has 0 spiro atoms. The zero-order valence-corrected chi connectivity index (χ0v) is 15.9. The minimum atomic E-state index is 0.198. The second kappa shape index (κ2) is 7.74. The molecular weight excluding hydrogens is 326 g/mol. The quantitative estimate of drug-likeness (QED) is 0.892. The molecule has 0 amide bonds. The number of hydrogen-bond donors (Lipinski definition) is 1. The first kappa shape index (κ1) is 17.5. The fraction of sp³-hybridized carbons (Fsp3) is 0.650. The highest BCUT2D eigenvalue weighted by atomic mass is 16.5. The van der Waals surface area contributed by atoms with Crippen LogP contribution in [0.25, 0.3) is 0 Å². The van der Waals surface area contributed by atoms with E-state index >= 15 is 0 Å². The Hall–Kier alpha value is -1.95. The number of benzene rings is 1. The number of ether oxygens (including phenoxy) is 1. The number of methoxy groups -OCH3 is 1. The molecule has 2 aromatic rings. The minimum Gasteiger partial charge on any atom is -0.497 e. The molecule has 1 aromatic heterocycles. The van der Waals surface area contributed by atoms with E-state index in [-0.39, 0.29) is 6.04 Å². The summed E-state index contributed by atoms with van der Waals surface area (Å²) in [6.07, 6.45) is 7.50. The van der Waals surface area contributed by atoms with Crippen LogP contribution in [-0.2, 0) is 0 Å². The van der Waals surface area contributed by atoms with E-state index in [1.54, 1.807) is 12.0 Å². The van der Waals surface area contributed by atoms with Gasteiger partial charge in [0.05, 0.1) is 26.2 Å². The Balaban J connectivity index is 1.69. The second-order valence-corrected chi connectivity index (χ2v) is 7.97. The van der Waals surface area contributed by atoms with Crippen LogP contribution in [0.3, 0.4) is 0 Å². The fourth-order valence-corrected chi connectivity index (χ4v) is 4.58. The fourth-order valence-electron chi connectivity index (χ4n) is 4.58. The lowest BCUT2D eigenvalue weighted by Crippen LogP contribution is -3.13. The number of piperidine rings is 1. The highest BCUT2D eigenvalue weighted by Gasteiger charge is 2.35. The van der Waals surface area contributed by atoms with E-state index in [4.69, 9.17) is 4.74 Å². The predicted molar refractivity (Wildman–Crippen MR) is 99.3 cm³/mol. The minimum absolute atomic E-state index is 0.198. The summed E-state index contributed by atoms with van der Waals surface area (Å²) in [4.78, 5) is 1.59. The number of tetrazole rings is 1. The standard InChI is InChI=1S/C20H29N5O/c1-15-11-13-24(14-12-15)19(16-7-9-18(26-2)10-8-16)20-21-22-23-25(20)17-5-3-4-6-17/h7-10,15,17,19H,3-6,11-14H2,1-2H3/p+1/t19-/m1/s1. The Labute approximate surface area is 155 Å². The molecule has 4 rings (SSSR count). The van der Waals surface area contributed by atoms with Gasteiger partial charge in [0.15, 0.2) is 6.04 Å². The molecule has 2 fully saturated rings. The average molecular weight is 356 g/mol. The third kappa shape index (κ3) is 3.47. The van der Waals surface area contributed by atoms with Crippen molar-refractivity contribution in [2.24, 2.45) is 5.92 Å². The summed E-state index contributed by atoms with van der Waals surface area (Å²) < 4.78 is 7.48. The van der Waals surface area contributed by atoms with Gasteiger partial charge in [-0.3, -0.25) is 0 Å². The number of hydrogen-bond acceptors (Lipinski definition) is 4. The Bertz CT molecular complexity index is 699. The van der Waals surface area contributed by atoms with Gasteiger partial charge in [0.25, 0.3) is 0 Å². The first-order valence-corrected chi connectivity index (χ1v) is 10.0. The summed E-state index contributed by atoms with van der Waals surface area (Å²) in [6.45, 7) is 4.71. The first-order valence-electron chi connectivity index (χ1n) is 10.0. The number of nitrogens with zero attached hydrogens (tertiary/aromatic N) is 4. The molecule has 1 aliphatic carbocycles. The normalized spacial score (nSPS) is 25.3. The topological polar surface area (TPSA) is 57.3 Å². The van der Waals surface area contributed by atoms with Crippen molar-refractivity contribution in [3.05, 3.63) is 35.7 Å².